The smallest absolute Gasteiger partial charge is 0.325 e. The molecule has 1 N–H and O–H groups in total. The van der Waals surface area contributed by atoms with Crippen LogP contribution in [0.25, 0.3) is 11.0 Å². The van der Waals surface area contributed by atoms with E-state index in [-0.39, 0.29) is 12.5 Å². The highest BCUT2D eigenvalue weighted by Crippen LogP contribution is 2.34. The predicted molar refractivity (Wildman–Crippen MR) is 108 cm³/mol. The summed E-state index contributed by atoms with van der Waals surface area (Å²) in [6.45, 7) is 3.79. The number of carbonyl (C=O) groups is 2. The van der Waals surface area contributed by atoms with Crippen molar-refractivity contribution in [3.8, 4) is 5.75 Å². The van der Waals surface area contributed by atoms with Gasteiger partial charge < -0.3 is 10.1 Å². The molecule has 0 bridgehead atoms. The predicted octanol–water partition coefficient (Wildman–Crippen LogP) is 3.30. The number of nitrogens with zero attached hydrogens (tertiary/aromatic N) is 3. The summed E-state index contributed by atoms with van der Waals surface area (Å²) in [6, 6.07) is 14.3. The van der Waals surface area contributed by atoms with Crippen LogP contribution in [-0.4, -0.2) is 33.9 Å². The van der Waals surface area contributed by atoms with Gasteiger partial charge in [0.25, 0.3) is 5.91 Å². The van der Waals surface area contributed by atoms with Crippen LogP contribution in [0.2, 0.25) is 0 Å². The van der Waals surface area contributed by atoms with Crippen LogP contribution in [0.5, 0.6) is 5.75 Å². The second-order valence-electron chi connectivity index (χ2n) is 7.05. The summed E-state index contributed by atoms with van der Waals surface area (Å²) in [6.07, 6.45) is 0.433. The summed E-state index contributed by atoms with van der Waals surface area (Å²) in [5.41, 5.74) is 2.45. The first kappa shape index (κ1) is 18.9. The maximum absolute atomic E-state index is 13.4. The zero-order valence-electron chi connectivity index (χ0n) is 16.6. The second kappa shape index (κ2) is 7.16. The van der Waals surface area contributed by atoms with Gasteiger partial charge >= 0.3 is 6.03 Å². The first-order chi connectivity index (χ1) is 14.0. The Balaban J connectivity index is 1.68. The van der Waals surface area contributed by atoms with E-state index >= 15 is 0 Å². The number of urea groups is 1. The lowest BCUT2D eigenvalue weighted by Crippen LogP contribution is -2.43. The number of nitrogens with one attached hydrogen (secondary N) is 1. The van der Waals surface area contributed by atoms with Crippen molar-refractivity contribution in [2.45, 2.75) is 32.4 Å². The van der Waals surface area contributed by atoms with Gasteiger partial charge in [0, 0.05) is 0 Å². The molecule has 148 valence electrons. The normalized spacial score (nSPS) is 18.9. The van der Waals surface area contributed by atoms with Crippen molar-refractivity contribution < 1.29 is 14.3 Å². The third-order valence-electron chi connectivity index (χ3n) is 5.44. The molecule has 4 rings (SSSR count). The number of amides is 3. The number of fused-ring (bicyclic) bond motifs is 1. The zero-order valence-corrected chi connectivity index (χ0v) is 16.6. The minimum Gasteiger partial charge on any atom is -0.497 e. The number of imide groups is 1. The number of carbonyl (C=O) groups excluding carboxylic acids is 2. The highest BCUT2D eigenvalue weighted by atomic mass is 16.5. The van der Waals surface area contributed by atoms with Crippen LogP contribution < -0.4 is 10.1 Å². The molecule has 2 heterocycles. The van der Waals surface area contributed by atoms with Crippen LogP contribution in [-0.2, 0) is 16.9 Å². The number of para-hydroxylation sites is 2. The van der Waals surface area contributed by atoms with Crippen molar-refractivity contribution in [3.05, 3.63) is 65.5 Å². The molecule has 1 fully saturated rings. The summed E-state index contributed by atoms with van der Waals surface area (Å²) in [7, 11) is 1.59. The molecule has 0 saturated carbocycles. The Kier molecular flexibility index (Phi) is 4.66. The van der Waals surface area contributed by atoms with Crippen LogP contribution in [0.15, 0.2) is 48.5 Å². The van der Waals surface area contributed by atoms with Crippen LogP contribution in [0.3, 0.4) is 0 Å². The van der Waals surface area contributed by atoms with Gasteiger partial charge in [0.1, 0.15) is 11.3 Å². The summed E-state index contributed by atoms with van der Waals surface area (Å²) < 4.78 is 5.20. The standard InChI is InChI=1S/C22H22N4O3/c1-4-22(15-9-11-16(29-3)12-10-15)20(27)26(21(28)25-22)13-19-14(2)23-17-7-5-6-8-18(17)24-19/h5-12H,4,13H2,1-3H3,(H,25,28). The van der Waals surface area contributed by atoms with E-state index in [9.17, 15) is 9.59 Å². The molecule has 1 unspecified atom stereocenters. The van der Waals surface area contributed by atoms with Crippen molar-refractivity contribution in [2.24, 2.45) is 0 Å². The van der Waals surface area contributed by atoms with Crippen molar-refractivity contribution in [3.63, 3.8) is 0 Å². The number of rotatable bonds is 5. The Hall–Kier alpha value is -3.48. The number of ether oxygens (including phenoxy) is 1. The van der Waals surface area contributed by atoms with Gasteiger partial charge in [0.15, 0.2) is 0 Å². The van der Waals surface area contributed by atoms with E-state index in [0.717, 1.165) is 16.6 Å². The van der Waals surface area contributed by atoms with Crippen molar-refractivity contribution in [1.29, 1.82) is 0 Å². The average molecular weight is 390 g/mol. The Morgan fingerprint density at radius 3 is 2.31 bits per heavy atom. The molecule has 1 atom stereocenters. The average Bonchev–Trinajstić information content (AvgIpc) is 2.99. The number of aryl methyl sites for hydroxylation is 1. The Morgan fingerprint density at radius 1 is 1.03 bits per heavy atom. The minimum atomic E-state index is -1.10. The lowest BCUT2D eigenvalue weighted by atomic mass is 9.87. The lowest BCUT2D eigenvalue weighted by Gasteiger charge is -2.26. The fraction of sp³-hybridized carbons (Fsp3) is 0.273. The van der Waals surface area contributed by atoms with E-state index in [1.165, 1.54) is 4.90 Å². The van der Waals surface area contributed by atoms with Gasteiger partial charge in [-0.3, -0.25) is 9.69 Å². The van der Waals surface area contributed by atoms with Crippen molar-refractivity contribution >= 4 is 23.0 Å². The topological polar surface area (TPSA) is 84.4 Å². The van der Waals surface area contributed by atoms with Crippen molar-refractivity contribution in [1.82, 2.24) is 20.2 Å². The molecule has 3 amide bonds. The van der Waals surface area contributed by atoms with E-state index in [1.54, 1.807) is 19.2 Å². The van der Waals surface area contributed by atoms with Gasteiger partial charge in [-0.2, -0.15) is 0 Å². The third kappa shape index (κ3) is 3.08. The number of benzene rings is 2. The van der Waals surface area contributed by atoms with Gasteiger partial charge in [0.2, 0.25) is 0 Å². The molecule has 0 spiro atoms. The largest absolute Gasteiger partial charge is 0.497 e. The van der Waals surface area contributed by atoms with Crippen LogP contribution in [0.4, 0.5) is 4.79 Å². The fourth-order valence-electron chi connectivity index (χ4n) is 3.71. The Labute approximate surface area is 168 Å². The molecule has 0 aliphatic carbocycles. The lowest BCUT2D eigenvalue weighted by molar-refractivity contribution is -0.132. The number of hydrogen-bond acceptors (Lipinski definition) is 5. The van der Waals surface area contributed by atoms with Gasteiger partial charge in [-0.15, -0.1) is 0 Å². The van der Waals surface area contributed by atoms with E-state index in [4.69, 9.17) is 4.74 Å². The van der Waals surface area contributed by atoms with Gasteiger partial charge in [-0.25, -0.2) is 14.8 Å². The van der Waals surface area contributed by atoms with Crippen LogP contribution >= 0.6 is 0 Å². The van der Waals surface area contributed by atoms with Crippen LogP contribution in [0.1, 0.15) is 30.3 Å². The highest BCUT2D eigenvalue weighted by Gasteiger charge is 2.51. The SMILES string of the molecule is CCC1(c2ccc(OC)cc2)NC(=O)N(Cc2nc3ccccc3nc2C)C1=O. The van der Waals surface area contributed by atoms with Gasteiger partial charge in [-0.05, 0) is 43.2 Å². The molecule has 0 radical (unpaired) electrons. The number of methoxy groups -OCH3 is 1. The fourth-order valence-corrected chi connectivity index (χ4v) is 3.71. The summed E-state index contributed by atoms with van der Waals surface area (Å²) >= 11 is 0. The zero-order chi connectivity index (χ0) is 20.6. The van der Waals surface area contributed by atoms with Crippen molar-refractivity contribution in [2.75, 3.05) is 7.11 Å². The minimum absolute atomic E-state index is 0.0756. The molecule has 1 aliphatic rings. The quantitative estimate of drug-likeness (QED) is 0.676. The Morgan fingerprint density at radius 2 is 1.69 bits per heavy atom. The second-order valence-corrected chi connectivity index (χ2v) is 7.05. The first-order valence-corrected chi connectivity index (χ1v) is 9.49. The van der Waals surface area contributed by atoms with Crippen LogP contribution in [0, 0.1) is 6.92 Å². The van der Waals surface area contributed by atoms with Gasteiger partial charge in [-0.1, -0.05) is 31.2 Å². The first-order valence-electron chi connectivity index (χ1n) is 9.49. The molecule has 3 aromatic rings. The molecule has 2 aromatic carbocycles. The van der Waals surface area contributed by atoms with E-state index in [0.29, 0.717) is 23.6 Å². The summed E-state index contributed by atoms with van der Waals surface area (Å²) in [5, 5.41) is 2.90. The molecule has 29 heavy (non-hydrogen) atoms. The Bertz CT molecular complexity index is 1100. The molecule has 1 aromatic heterocycles. The summed E-state index contributed by atoms with van der Waals surface area (Å²) in [4.78, 5) is 36.5. The molecule has 7 nitrogen and oxygen atoms in total. The maximum atomic E-state index is 13.4. The molecule has 1 saturated heterocycles. The number of hydrogen-bond donors (Lipinski definition) is 1. The summed E-state index contributed by atoms with van der Waals surface area (Å²) in [5.74, 6) is 0.403. The van der Waals surface area contributed by atoms with E-state index in [1.807, 2.05) is 50.2 Å². The molecule has 7 heteroatoms. The highest BCUT2D eigenvalue weighted by molar-refractivity contribution is 6.07. The van der Waals surface area contributed by atoms with E-state index in [2.05, 4.69) is 15.3 Å². The van der Waals surface area contributed by atoms with E-state index < -0.39 is 11.6 Å². The molecular weight excluding hydrogens is 368 g/mol. The molecular formula is C22H22N4O3. The third-order valence-corrected chi connectivity index (χ3v) is 5.44. The van der Waals surface area contributed by atoms with Gasteiger partial charge in [0.05, 0.1) is 36.1 Å². The molecule has 1 aliphatic heterocycles. The number of aromatic nitrogens is 2. The monoisotopic (exact) mass is 390 g/mol. The maximum Gasteiger partial charge on any atom is 0.325 e.